The molecule has 0 N–H and O–H groups in total. The normalized spacial score (nSPS) is 14.4. The molecule has 11 rings (SSSR count). The van der Waals surface area contributed by atoms with Crippen LogP contribution in [-0.4, -0.2) is 14.5 Å². The summed E-state index contributed by atoms with van der Waals surface area (Å²) in [6.45, 7) is 0. The molecule has 0 unspecified atom stereocenters. The van der Waals surface area contributed by atoms with Crippen molar-refractivity contribution in [3.05, 3.63) is 194 Å². The quantitative estimate of drug-likeness (QED) is 0.124. The van der Waals surface area contributed by atoms with Crippen molar-refractivity contribution >= 4 is 76.9 Å². The van der Waals surface area contributed by atoms with E-state index < -0.39 is 12.1 Å². The third-order valence-corrected chi connectivity index (χ3v) is 12.8. The zero-order valence-corrected chi connectivity index (χ0v) is 29.8. The Bertz CT molecular complexity index is 3640. The van der Waals surface area contributed by atoms with Gasteiger partial charge in [0.25, 0.3) is 0 Å². The molecule has 0 amide bonds. The van der Waals surface area contributed by atoms with E-state index >= 15 is 0 Å². The number of hydrogen-bond acceptors (Lipinski definition) is 0. The molecule has 246 valence electrons. The van der Waals surface area contributed by atoms with E-state index in [0.29, 0.717) is 11.1 Å². The van der Waals surface area contributed by atoms with Crippen LogP contribution < -0.4 is 0 Å². The van der Waals surface area contributed by atoms with Crippen LogP contribution in [0, 0.1) is 0 Å². The van der Waals surface area contributed by atoms with Crippen LogP contribution in [0.15, 0.2) is 194 Å². The Labute approximate surface area is 328 Å². The molecule has 0 saturated carbocycles. The minimum atomic E-state index is -0.427. The molecule has 0 aliphatic heterocycles. The van der Waals surface area contributed by atoms with Crippen LogP contribution in [0.2, 0.25) is 0 Å². The first-order valence-corrected chi connectivity index (χ1v) is 19.2. The number of hydrogen-bond donors (Lipinski definition) is 0. The molecule has 11 aromatic rings. The van der Waals surface area contributed by atoms with Crippen molar-refractivity contribution in [3.8, 4) is 44.5 Å². The average Bonchev–Trinajstić information content (AvgIpc) is 3.69. The van der Waals surface area contributed by atoms with E-state index in [2.05, 4.69) is 48.5 Å². The van der Waals surface area contributed by atoms with E-state index in [1.165, 1.54) is 8.52 Å². The van der Waals surface area contributed by atoms with Gasteiger partial charge in [0.1, 0.15) is 0 Å². The molecule has 1 heterocycles. The van der Waals surface area contributed by atoms with Crippen LogP contribution in [-0.2, 0) is 0 Å². The second kappa shape index (κ2) is 12.2. The molecule has 0 bridgehead atoms. The Morgan fingerprint density at radius 2 is 0.736 bits per heavy atom. The van der Waals surface area contributed by atoms with Gasteiger partial charge < -0.3 is 0 Å². The standard InChI is InChI=1S/C52H32Se/c1-3-16-33(17-4-1)48-36-20-7-9-22-38(36)50(39-23-10-8-21-37(39)48)35-30-31-46-45(32-35)52-44(28-15-29-47(52)53-46)51-42-26-13-11-24-40(42)49(34-18-5-2-6-19-34)41-25-12-14-27-43(41)51/h1-32H/i1D,2D,3D,4D,5D,6D,16D,17D,18D,19D. The maximum absolute atomic E-state index is 9.00. The van der Waals surface area contributed by atoms with Gasteiger partial charge in [-0.1, -0.05) is 0 Å². The van der Waals surface area contributed by atoms with Crippen molar-refractivity contribution in [3.63, 3.8) is 0 Å². The zero-order valence-electron chi connectivity index (χ0n) is 38.1. The molecule has 10 aromatic carbocycles. The summed E-state index contributed by atoms with van der Waals surface area (Å²) in [5.41, 5.74) is 5.56. The Kier molecular flexibility index (Phi) is 5.05. The van der Waals surface area contributed by atoms with E-state index in [9.17, 15) is 0 Å². The summed E-state index contributed by atoms with van der Waals surface area (Å²) in [6.07, 6.45) is 0. The summed E-state index contributed by atoms with van der Waals surface area (Å²) >= 11 is -0.00690. The molecule has 0 spiro atoms. The molecule has 53 heavy (non-hydrogen) atoms. The molecular weight excluding hydrogens is 704 g/mol. The molecular formula is C52H32Se. The molecule has 1 heteroatoms. The summed E-state index contributed by atoms with van der Waals surface area (Å²) in [4.78, 5) is 0. The van der Waals surface area contributed by atoms with Crippen molar-refractivity contribution < 1.29 is 13.7 Å². The van der Waals surface area contributed by atoms with E-state index in [0.717, 1.165) is 76.1 Å². The van der Waals surface area contributed by atoms with Gasteiger partial charge in [-0.25, -0.2) is 0 Å². The first-order valence-electron chi connectivity index (χ1n) is 22.4. The summed E-state index contributed by atoms with van der Waals surface area (Å²) < 4.78 is 89.2. The fourth-order valence-electron chi connectivity index (χ4n) is 8.34. The van der Waals surface area contributed by atoms with Gasteiger partial charge in [0.15, 0.2) is 0 Å². The molecule has 1 aromatic heterocycles. The summed E-state index contributed by atoms with van der Waals surface area (Å²) in [7, 11) is 0. The van der Waals surface area contributed by atoms with Gasteiger partial charge in [-0.05, 0) is 0 Å². The van der Waals surface area contributed by atoms with Gasteiger partial charge in [0.05, 0.1) is 1.37 Å². The van der Waals surface area contributed by atoms with E-state index in [1.54, 1.807) is 0 Å². The van der Waals surface area contributed by atoms with Gasteiger partial charge in [0.2, 0.25) is 0 Å². The minimum absolute atomic E-state index is 0.00690. The third kappa shape index (κ3) is 4.69. The van der Waals surface area contributed by atoms with E-state index in [1.807, 2.05) is 84.9 Å². The first-order chi connectivity index (χ1) is 30.5. The Hall–Kier alpha value is -6.24. The van der Waals surface area contributed by atoms with Crippen LogP contribution in [0.1, 0.15) is 13.7 Å². The van der Waals surface area contributed by atoms with Gasteiger partial charge in [0, 0.05) is 0 Å². The van der Waals surface area contributed by atoms with Crippen LogP contribution in [0.4, 0.5) is 0 Å². The Balaban J connectivity index is 1.22. The van der Waals surface area contributed by atoms with Crippen molar-refractivity contribution in [2.45, 2.75) is 0 Å². The topological polar surface area (TPSA) is 0 Å². The number of fused-ring (bicyclic) bond motifs is 7. The molecule has 0 radical (unpaired) electrons. The van der Waals surface area contributed by atoms with E-state index in [-0.39, 0.29) is 74.0 Å². The zero-order chi connectivity index (χ0) is 43.6. The third-order valence-electron chi connectivity index (χ3n) is 10.4. The van der Waals surface area contributed by atoms with Gasteiger partial charge in [-0.15, -0.1) is 0 Å². The molecule has 0 fully saturated rings. The number of rotatable bonds is 4. The molecule has 0 saturated heterocycles. The van der Waals surface area contributed by atoms with Crippen molar-refractivity contribution in [1.82, 2.24) is 0 Å². The number of benzene rings is 10. The molecule has 0 aliphatic rings. The molecule has 0 nitrogen and oxygen atoms in total. The van der Waals surface area contributed by atoms with Crippen LogP contribution >= 0.6 is 0 Å². The predicted octanol–water partition coefficient (Wildman–Crippen LogP) is 14.3. The first kappa shape index (κ1) is 22.0. The van der Waals surface area contributed by atoms with Crippen molar-refractivity contribution in [1.29, 1.82) is 0 Å². The van der Waals surface area contributed by atoms with Crippen LogP contribution in [0.5, 0.6) is 0 Å². The monoisotopic (exact) mass is 746 g/mol. The SMILES string of the molecule is [2H]c1c([2H])c([2H])c(-c2c3ccccc3c(-c3ccc4[se]c5cccc(-c6c7ccccc7c(-c7c([2H])c([2H])c([2H])c([2H])c7[2H])c7ccccc67)c5c4c3)c3ccccc23)c([2H])c1[2H]. The van der Waals surface area contributed by atoms with Crippen LogP contribution in [0.3, 0.4) is 0 Å². The second-order valence-corrected chi connectivity index (χ2v) is 15.4. The van der Waals surface area contributed by atoms with Gasteiger partial charge in [-0.2, -0.15) is 0 Å². The van der Waals surface area contributed by atoms with Crippen molar-refractivity contribution in [2.75, 3.05) is 0 Å². The van der Waals surface area contributed by atoms with Gasteiger partial charge in [-0.3, -0.25) is 0 Å². The van der Waals surface area contributed by atoms with Crippen LogP contribution in [0.25, 0.3) is 107 Å². The molecule has 0 atom stereocenters. The fourth-order valence-corrected chi connectivity index (χ4v) is 10.7. The van der Waals surface area contributed by atoms with E-state index in [4.69, 9.17) is 13.7 Å². The Morgan fingerprint density at radius 1 is 0.321 bits per heavy atom. The average molecular weight is 746 g/mol. The summed E-state index contributed by atoms with van der Waals surface area (Å²) in [5.74, 6) is 0. The fraction of sp³-hybridized carbons (Fsp3) is 0. The summed E-state index contributed by atoms with van der Waals surface area (Å²) in [5, 5.41) is 9.00. The van der Waals surface area contributed by atoms with Crippen molar-refractivity contribution in [2.24, 2.45) is 0 Å². The van der Waals surface area contributed by atoms with Gasteiger partial charge >= 0.3 is 328 Å². The maximum atomic E-state index is 9.00. The predicted molar refractivity (Wildman–Crippen MR) is 230 cm³/mol. The second-order valence-electron chi connectivity index (χ2n) is 13.2. The summed E-state index contributed by atoms with van der Waals surface area (Å²) in [6, 6.07) is 41.5. The Morgan fingerprint density at radius 3 is 1.19 bits per heavy atom. The molecule has 0 aliphatic carbocycles.